The molecule has 0 bridgehead atoms. The summed E-state index contributed by atoms with van der Waals surface area (Å²) < 4.78 is 52.5. The fourth-order valence-electron chi connectivity index (χ4n) is 2.52. The first-order valence-electron chi connectivity index (χ1n) is 7.19. The van der Waals surface area contributed by atoms with Crippen molar-refractivity contribution in [3.63, 3.8) is 0 Å². The van der Waals surface area contributed by atoms with Crippen LogP contribution >= 0.6 is 0 Å². The van der Waals surface area contributed by atoms with E-state index in [1.54, 1.807) is 30.8 Å². The summed E-state index contributed by atoms with van der Waals surface area (Å²) in [6.07, 6.45) is -1.36. The molecule has 24 heavy (non-hydrogen) atoms. The molecule has 4 nitrogen and oxygen atoms in total. The van der Waals surface area contributed by atoms with E-state index in [-0.39, 0.29) is 5.52 Å². The van der Waals surface area contributed by atoms with Crippen LogP contribution in [0, 0.1) is 0 Å². The second-order valence-corrected chi connectivity index (χ2v) is 6.91. The van der Waals surface area contributed by atoms with Crippen molar-refractivity contribution >= 4 is 22.2 Å². The van der Waals surface area contributed by atoms with E-state index in [2.05, 4.69) is 9.97 Å². The summed E-state index contributed by atoms with van der Waals surface area (Å²) in [6, 6.07) is 5.13. The van der Waals surface area contributed by atoms with Gasteiger partial charge in [-0.2, -0.15) is 13.2 Å². The maximum absolute atomic E-state index is 12.9. The standard InChI is InChI=1S/C16H14F3N3OS/c1-3-24(23)14-9-20-7-6-11(14)15-21-12-8-10(16(17,18)19)4-5-13(12)22(15)2/h4-9H,3H2,1-2H3. The Bertz CT molecular complexity index is 892. The number of aryl methyl sites for hydroxylation is 1. The third-order valence-electron chi connectivity index (χ3n) is 3.74. The SMILES string of the molecule is CC[S+]([O-])c1cnccc1-c1nc2cc(C(F)(F)F)ccc2n1C. The van der Waals surface area contributed by atoms with Gasteiger partial charge in [0.25, 0.3) is 0 Å². The maximum atomic E-state index is 12.9. The predicted octanol–water partition coefficient (Wildman–Crippen LogP) is 3.78. The molecule has 1 aromatic carbocycles. The van der Waals surface area contributed by atoms with Crippen LogP contribution in [0.4, 0.5) is 13.2 Å². The average Bonchev–Trinajstić information content (AvgIpc) is 2.89. The van der Waals surface area contributed by atoms with Crippen molar-refractivity contribution in [1.82, 2.24) is 14.5 Å². The van der Waals surface area contributed by atoms with Gasteiger partial charge in [-0.25, -0.2) is 4.98 Å². The van der Waals surface area contributed by atoms with E-state index in [1.807, 2.05) is 0 Å². The molecule has 0 radical (unpaired) electrons. The molecule has 0 aliphatic carbocycles. The Hall–Kier alpha value is -2.06. The molecule has 3 rings (SSSR count). The van der Waals surface area contributed by atoms with Crippen molar-refractivity contribution in [3.05, 3.63) is 42.2 Å². The van der Waals surface area contributed by atoms with E-state index in [9.17, 15) is 17.7 Å². The van der Waals surface area contributed by atoms with Crippen LogP contribution in [0.25, 0.3) is 22.4 Å². The normalized spacial score (nSPS) is 13.4. The number of hydrogen-bond acceptors (Lipinski definition) is 3. The van der Waals surface area contributed by atoms with Crippen LogP contribution in [0.1, 0.15) is 12.5 Å². The minimum absolute atomic E-state index is 0.243. The van der Waals surface area contributed by atoms with Crippen LogP contribution in [0.2, 0.25) is 0 Å². The van der Waals surface area contributed by atoms with Gasteiger partial charge in [-0.05, 0) is 42.4 Å². The van der Waals surface area contributed by atoms with Gasteiger partial charge in [0.1, 0.15) is 11.6 Å². The number of alkyl halides is 3. The number of imidazole rings is 1. The zero-order valence-corrected chi connectivity index (χ0v) is 13.8. The molecule has 3 aromatic rings. The molecular formula is C16H14F3N3OS. The fourth-order valence-corrected chi connectivity index (χ4v) is 3.41. The number of hydrogen-bond donors (Lipinski definition) is 0. The van der Waals surface area contributed by atoms with Crippen molar-refractivity contribution in [3.8, 4) is 11.4 Å². The summed E-state index contributed by atoms with van der Waals surface area (Å²) >= 11 is -1.25. The fraction of sp³-hybridized carbons (Fsp3) is 0.250. The first-order valence-corrected chi connectivity index (χ1v) is 8.51. The highest BCUT2D eigenvalue weighted by Gasteiger charge is 2.31. The lowest BCUT2D eigenvalue weighted by Gasteiger charge is -2.11. The minimum atomic E-state index is -4.42. The van der Waals surface area contributed by atoms with E-state index >= 15 is 0 Å². The Labute approximate surface area is 139 Å². The van der Waals surface area contributed by atoms with Crippen molar-refractivity contribution < 1.29 is 17.7 Å². The van der Waals surface area contributed by atoms with Gasteiger partial charge in [0.2, 0.25) is 0 Å². The number of nitrogens with zero attached hydrogens (tertiary/aromatic N) is 3. The monoisotopic (exact) mass is 353 g/mol. The lowest BCUT2D eigenvalue weighted by molar-refractivity contribution is -0.137. The second-order valence-electron chi connectivity index (χ2n) is 5.20. The summed E-state index contributed by atoms with van der Waals surface area (Å²) in [6.45, 7) is 1.79. The number of halogens is 3. The molecule has 0 spiro atoms. The highest BCUT2D eigenvalue weighted by atomic mass is 32.2. The number of rotatable bonds is 3. The highest BCUT2D eigenvalue weighted by Crippen LogP contribution is 2.33. The van der Waals surface area contributed by atoms with Crippen LogP contribution in [0.15, 0.2) is 41.6 Å². The molecule has 126 valence electrons. The average molecular weight is 353 g/mol. The van der Waals surface area contributed by atoms with Gasteiger partial charge in [0.05, 0.1) is 28.4 Å². The Morgan fingerprint density at radius 2 is 2.00 bits per heavy atom. The van der Waals surface area contributed by atoms with Crippen LogP contribution in [-0.2, 0) is 24.4 Å². The predicted molar refractivity (Wildman–Crippen MR) is 85.9 cm³/mol. The van der Waals surface area contributed by atoms with E-state index in [4.69, 9.17) is 0 Å². The molecule has 0 amide bonds. The van der Waals surface area contributed by atoms with E-state index in [0.717, 1.165) is 12.1 Å². The van der Waals surface area contributed by atoms with E-state index in [0.29, 0.717) is 27.6 Å². The van der Waals surface area contributed by atoms with Gasteiger partial charge in [-0.1, -0.05) is 0 Å². The van der Waals surface area contributed by atoms with Gasteiger partial charge >= 0.3 is 6.18 Å². The first kappa shape index (κ1) is 16.8. The summed E-state index contributed by atoms with van der Waals surface area (Å²) in [5.41, 5.74) is 0.680. The van der Waals surface area contributed by atoms with Crippen LogP contribution in [0.3, 0.4) is 0 Å². The molecule has 8 heteroatoms. The lowest BCUT2D eigenvalue weighted by Crippen LogP contribution is -2.07. The number of pyridine rings is 1. The van der Waals surface area contributed by atoms with Crippen LogP contribution in [0.5, 0.6) is 0 Å². The Balaban J connectivity index is 2.20. The largest absolute Gasteiger partial charge is 0.611 e. The van der Waals surface area contributed by atoms with Crippen molar-refractivity contribution in [2.45, 2.75) is 18.0 Å². The number of benzene rings is 1. The molecule has 0 aliphatic rings. The van der Waals surface area contributed by atoms with Gasteiger partial charge in [0, 0.05) is 13.2 Å². The van der Waals surface area contributed by atoms with Crippen LogP contribution in [-0.4, -0.2) is 24.8 Å². The third-order valence-corrected chi connectivity index (χ3v) is 5.08. The summed E-state index contributed by atoms with van der Waals surface area (Å²) in [7, 11) is 1.72. The van der Waals surface area contributed by atoms with Gasteiger partial charge in [0.15, 0.2) is 4.90 Å². The Morgan fingerprint density at radius 1 is 1.25 bits per heavy atom. The Morgan fingerprint density at radius 3 is 2.67 bits per heavy atom. The van der Waals surface area contributed by atoms with Crippen molar-refractivity contribution in [1.29, 1.82) is 0 Å². The van der Waals surface area contributed by atoms with Gasteiger partial charge in [-0.3, -0.25) is 4.98 Å². The van der Waals surface area contributed by atoms with Gasteiger partial charge < -0.3 is 9.12 Å². The van der Waals surface area contributed by atoms with Crippen LogP contribution < -0.4 is 0 Å². The van der Waals surface area contributed by atoms with E-state index in [1.165, 1.54) is 12.3 Å². The molecular weight excluding hydrogens is 339 g/mol. The minimum Gasteiger partial charge on any atom is -0.611 e. The number of fused-ring (bicyclic) bond motifs is 1. The zero-order valence-electron chi connectivity index (χ0n) is 13.0. The molecule has 0 saturated heterocycles. The molecule has 0 fully saturated rings. The smallest absolute Gasteiger partial charge is 0.416 e. The molecule has 0 aliphatic heterocycles. The quantitative estimate of drug-likeness (QED) is 0.674. The molecule has 1 unspecified atom stereocenters. The van der Waals surface area contributed by atoms with Gasteiger partial charge in [-0.15, -0.1) is 0 Å². The topological polar surface area (TPSA) is 53.8 Å². The summed E-state index contributed by atoms with van der Waals surface area (Å²) in [4.78, 5) is 8.85. The Kier molecular flexibility index (Phi) is 4.27. The molecule has 0 saturated carbocycles. The molecule has 1 atom stereocenters. The molecule has 0 N–H and O–H groups in total. The summed E-state index contributed by atoms with van der Waals surface area (Å²) in [5, 5.41) is 0. The highest BCUT2D eigenvalue weighted by molar-refractivity contribution is 7.91. The third kappa shape index (κ3) is 2.87. The zero-order chi connectivity index (χ0) is 17.5. The molecule has 2 heterocycles. The first-order chi connectivity index (χ1) is 11.3. The number of aromatic nitrogens is 3. The lowest BCUT2D eigenvalue weighted by atomic mass is 10.2. The second kappa shape index (κ2) is 6.10. The van der Waals surface area contributed by atoms with Crippen molar-refractivity contribution in [2.24, 2.45) is 7.05 Å². The summed E-state index contributed by atoms with van der Waals surface area (Å²) in [5.74, 6) is 0.879. The van der Waals surface area contributed by atoms with E-state index < -0.39 is 22.9 Å². The molecule has 2 aromatic heterocycles. The maximum Gasteiger partial charge on any atom is 0.416 e. The van der Waals surface area contributed by atoms with Crippen molar-refractivity contribution in [2.75, 3.05) is 5.75 Å².